The molecule has 0 atom stereocenters. The number of hydrogen-bond acceptors (Lipinski definition) is 3. The van der Waals surface area contributed by atoms with Crippen molar-refractivity contribution < 1.29 is 4.39 Å². The van der Waals surface area contributed by atoms with Crippen molar-refractivity contribution in [3.05, 3.63) is 41.3 Å². The molecule has 1 aliphatic heterocycles. The highest BCUT2D eigenvalue weighted by atomic mass is 19.1. The monoisotopic (exact) mass is 284 g/mol. The summed E-state index contributed by atoms with van der Waals surface area (Å²) in [5.41, 5.74) is 4.25. The van der Waals surface area contributed by atoms with Crippen LogP contribution in [0, 0.1) is 17.1 Å². The summed E-state index contributed by atoms with van der Waals surface area (Å²) >= 11 is 0. The summed E-state index contributed by atoms with van der Waals surface area (Å²) in [7, 11) is 2.09. The van der Waals surface area contributed by atoms with Crippen molar-refractivity contribution in [2.75, 3.05) is 13.6 Å². The molecule has 0 radical (unpaired) electrons. The third-order valence-electron chi connectivity index (χ3n) is 3.88. The van der Waals surface area contributed by atoms with E-state index in [2.05, 4.69) is 23.1 Å². The molecule has 2 heterocycles. The third kappa shape index (κ3) is 2.67. The van der Waals surface area contributed by atoms with Crippen LogP contribution >= 0.6 is 0 Å². The summed E-state index contributed by atoms with van der Waals surface area (Å²) < 4.78 is 15.1. The molecule has 108 valence electrons. The van der Waals surface area contributed by atoms with E-state index in [1.54, 1.807) is 12.1 Å². The van der Waals surface area contributed by atoms with Crippen LogP contribution in [0.3, 0.4) is 0 Å². The second kappa shape index (κ2) is 5.66. The van der Waals surface area contributed by atoms with Gasteiger partial charge < -0.3 is 4.90 Å². The molecule has 3 rings (SSSR count). The fourth-order valence-corrected chi connectivity index (χ4v) is 2.81. The van der Waals surface area contributed by atoms with E-state index >= 15 is 0 Å². The molecule has 0 bridgehead atoms. The number of hydrogen-bond donors (Lipinski definition) is 0. The van der Waals surface area contributed by atoms with Crippen LogP contribution in [0.5, 0.6) is 0 Å². The smallest absolute Gasteiger partial charge is 0.123 e. The molecule has 1 aromatic heterocycles. The van der Waals surface area contributed by atoms with Gasteiger partial charge in [0.05, 0.1) is 24.7 Å². The standard InChI is InChI=1S/C16H17FN4/c1-20-10-7-15-14(11-20)16(19-21(15)9-2-8-18)12-3-5-13(17)6-4-12/h3-6H,2,7,9-11H2,1H3. The number of fused-ring (bicyclic) bond motifs is 1. The average Bonchev–Trinajstić information content (AvgIpc) is 2.84. The van der Waals surface area contributed by atoms with Gasteiger partial charge in [-0.25, -0.2) is 4.39 Å². The highest BCUT2D eigenvalue weighted by Crippen LogP contribution is 2.29. The Hall–Kier alpha value is -2.19. The van der Waals surface area contributed by atoms with Crippen LogP contribution < -0.4 is 0 Å². The molecule has 0 saturated carbocycles. The van der Waals surface area contributed by atoms with Gasteiger partial charge in [0.2, 0.25) is 0 Å². The second-order valence-corrected chi connectivity index (χ2v) is 5.40. The molecule has 0 aliphatic carbocycles. The van der Waals surface area contributed by atoms with E-state index in [1.807, 2.05) is 4.68 Å². The molecule has 2 aromatic rings. The lowest BCUT2D eigenvalue weighted by molar-refractivity contribution is 0.308. The molecule has 0 saturated heterocycles. The SMILES string of the molecule is CN1CCc2c(c(-c3ccc(F)cc3)nn2CCC#N)C1. The van der Waals surface area contributed by atoms with E-state index in [1.165, 1.54) is 23.4 Å². The number of aromatic nitrogens is 2. The lowest BCUT2D eigenvalue weighted by Crippen LogP contribution is -2.27. The normalized spacial score (nSPS) is 14.7. The molecule has 1 aliphatic rings. The third-order valence-corrected chi connectivity index (χ3v) is 3.88. The highest BCUT2D eigenvalue weighted by Gasteiger charge is 2.23. The first kappa shape index (κ1) is 13.8. The average molecular weight is 284 g/mol. The zero-order chi connectivity index (χ0) is 14.8. The Morgan fingerprint density at radius 3 is 2.81 bits per heavy atom. The minimum Gasteiger partial charge on any atom is -0.302 e. The highest BCUT2D eigenvalue weighted by molar-refractivity contribution is 5.64. The van der Waals surface area contributed by atoms with Crippen LogP contribution in [0.1, 0.15) is 17.7 Å². The number of nitriles is 1. The van der Waals surface area contributed by atoms with E-state index in [0.717, 1.165) is 30.8 Å². The molecule has 0 unspecified atom stereocenters. The summed E-state index contributed by atoms with van der Waals surface area (Å²) in [5, 5.41) is 13.5. The number of aryl methyl sites for hydroxylation is 1. The van der Waals surface area contributed by atoms with Crippen LogP contribution in [0.2, 0.25) is 0 Å². The number of halogens is 1. The summed E-state index contributed by atoms with van der Waals surface area (Å²) in [6.45, 7) is 2.45. The van der Waals surface area contributed by atoms with Gasteiger partial charge in [0, 0.05) is 36.3 Å². The topological polar surface area (TPSA) is 44.9 Å². The molecule has 0 fully saturated rings. The molecule has 0 amide bonds. The minimum atomic E-state index is -0.242. The predicted octanol–water partition coefficient (Wildman–Crippen LogP) is 2.59. The first-order valence-corrected chi connectivity index (χ1v) is 7.09. The molecule has 4 nitrogen and oxygen atoms in total. The molecule has 5 heteroatoms. The predicted molar refractivity (Wildman–Crippen MR) is 77.9 cm³/mol. The van der Waals surface area contributed by atoms with Crippen molar-refractivity contribution in [2.45, 2.75) is 25.9 Å². The van der Waals surface area contributed by atoms with E-state index in [-0.39, 0.29) is 5.82 Å². The van der Waals surface area contributed by atoms with Gasteiger partial charge >= 0.3 is 0 Å². The molecule has 0 spiro atoms. The van der Waals surface area contributed by atoms with Crippen LogP contribution in [0.15, 0.2) is 24.3 Å². The van der Waals surface area contributed by atoms with Crippen LogP contribution in [0.25, 0.3) is 11.3 Å². The fourth-order valence-electron chi connectivity index (χ4n) is 2.81. The van der Waals surface area contributed by atoms with E-state index in [4.69, 9.17) is 5.26 Å². The van der Waals surface area contributed by atoms with Gasteiger partial charge in [0.15, 0.2) is 0 Å². The fraction of sp³-hybridized carbons (Fsp3) is 0.375. The van der Waals surface area contributed by atoms with Crippen molar-refractivity contribution in [2.24, 2.45) is 0 Å². The van der Waals surface area contributed by atoms with Gasteiger partial charge in [0.25, 0.3) is 0 Å². The van der Waals surface area contributed by atoms with Crippen molar-refractivity contribution >= 4 is 0 Å². The molecular formula is C16H17FN4. The first-order chi connectivity index (χ1) is 10.2. The maximum Gasteiger partial charge on any atom is 0.123 e. The van der Waals surface area contributed by atoms with E-state index in [0.29, 0.717) is 13.0 Å². The van der Waals surface area contributed by atoms with E-state index < -0.39 is 0 Å². The van der Waals surface area contributed by atoms with Crippen LogP contribution in [0.4, 0.5) is 4.39 Å². The van der Waals surface area contributed by atoms with Crippen molar-refractivity contribution in [1.29, 1.82) is 5.26 Å². The summed E-state index contributed by atoms with van der Waals surface area (Å²) in [6, 6.07) is 8.62. The Balaban J connectivity index is 2.05. The van der Waals surface area contributed by atoms with Gasteiger partial charge in [-0.2, -0.15) is 10.4 Å². The summed E-state index contributed by atoms with van der Waals surface area (Å²) in [6.07, 6.45) is 1.39. The van der Waals surface area contributed by atoms with Gasteiger partial charge in [-0.15, -0.1) is 0 Å². The number of likely N-dealkylation sites (N-methyl/N-ethyl adjacent to an activating group) is 1. The van der Waals surface area contributed by atoms with Crippen LogP contribution in [-0.2, 0) is 19.5 Å². The Morgan fingerprint density at radius 1 is 1.33 bits per heavy atom. The maximum absolute atomic E-state index is 13.1. The lowest BCUT2D eigenvalue weighted by atomic mass is 10.0. The largest absolute Gasteiger partial charge is 0.302 e. The molecule has 0 N–H and O–H groups in total. The summed E-state index contributed by atoms with van der Waals surface area (Å²) in [4.78, 5) is 2.26. The maximum atomic E-state index is 13.1. The molecule has 21 heavy (non-hydrogen) atoms. The zero-order valence-corrected chi connectivity index (χ0v) is 12.0. The Kier molecular flexibility index (Phi) is 3.72. The molecular weight excluding hydrogens is 267 g/mol. The van der Waals surface area contributed by atoms with Gasteiger partial charge in [-0.3, -0.25) is 4.68 Å². The second-order valence-electron chi connectivity index (χ2n) is 5.40. The number of rotatable bonds is 3. The lowest BCUT2D eigenvalue weighted by Gasteiger charge is -2.23. The molecule has 1 aromatic carbocycles. The Labute approximate surface area is 123 Å². The van der Waals surface area contributed by atoms with Gasteiger partial charge in [0.1, 0.15) is 5.82 Å². The van der Waals surface area contributed by atoms with Crippen molar-refractivity contribution in [1.82, 2.24) is 14.7 Å². The number of nitrogens with zero attached hydrogens (tertiary/aromatic N) is 4. The van der Waals surface area contributed by atoms with E-state index in [9.17, 15) is 4.39 Å². The van der Waals surface area contributed by atoms with Crippen LogP contribution in [-0.4, -0.2) is 28.3 Å². The van der Waals surface area contributed by atoms with Crippen molar-refractivity contribution in [3.63, 3.8) is 0 Å². The number of benzene rings is 1. The van der Waals surface area contributed by atoms with Gasteiger partial charge in [-0.1, -0.05) is 0 Å². The summed E-state index contributed by atoms with van der Waals surface area (Å²) in [5.74, 6) is -0.242. The van der Waals surface area contributed by atoms with Crippen molar-refractivity contribution in [3.8, 4) is 17.3 Å². The zero-order valence-electron chi connectivity index (χ0n) is 12.0. The Bertz CT molecular complexity index is 682. The minimum absolute atomic E-state index is 0.242. The van der Waals surface area contributed by atoms with Gasteiger partial charge in [-0.05, 0) is 31.3 Å². The Morgan fingerprint density at radius 2 is 2.10 bits per heavy atom. The quantitative estimate of drug-likeness (QED) is 0.870. The first-order valence-electron chi connectivity index (χ1n) is 7.09.